The van der Waals surface area contributed by atoms with Gasteiger partial charge in [0.15, 0.2) is 15.8 Å². The molecule has 1 saturated heterocycles. The average molecular weight is 481 g/mol. The molecule has 0 bridgehead atoms. The van der Waals surface area contributed by atoms with E-state index in [0.29, 0.717) is 19.6 Å². The topological polar surface area (TPSA) is 77.9 Å². The molecule has 0 aromatic carbocycles. The van der Waals surface area contributed by atoms with E-state index >= 15 is 0 Å². The molecule has 0 amide bonds. The summed E-state index contributed by atoms with van der Waals surface area (Å²) in [4.78, 5) is 12.6. The summed E-state index contributed by atoms with van der Waals surface area (Å²) in [6.07, 6.45) is 1.78. The molecule has 1 fully saturated rings. The van der Waals surface area contributed by atoms with Gasteiger partial charge in [-0.2, -0.15) is 0 Å². The number of rotatable bonds is 3. The summed E-state index contributed by atoms with van der Waals surface area (Å²) in [7, 11) is 2.57. The number of pyridine rings is 1. The van der Waals surface area contributed by atoms with Crippen LogP contribution in [0.2, 0.25) is 0 Å². The van der Waals surface area contributed by atoms with Crippen LogP contribution >= 0.6 is 24.0 Å². The van der Waals surface area contributed by atoms with Crippen LogP contribution in [0.25, 0.3) is 0 Å². The summed E-state index contributed by atoms with van der Waals surface area (Å²) in [6.45, 7) is 5.06. The molecule has 0 spiro atoms. The SMILES string of the molecule is CN=C(NCc1ccnc(N(C)C)c1)N1CCS(=O)(=O)C(C)(C)C1.I. The summed E-state index contributed by atoms with van der Waals surface area (Å²) in [5.41, 5.74) is 1.10. The van der Waals surface area contributed by atoms with E-state index in [4.69, 9.17) is 0 Å². The predicted molar refractivity (Wildman–Crippen MR) is 114 cm³/mol. The van der Waals surface area contributed by atoms with Crippen LogP contribution in [0.15, 0.2) is 23.3 Å². The number of hydrogen-bond acceptors (Lipinski definition) is 5. The number of aliphatic imine (C=N–C) groups is 1. The van der Waals surface area contributed by atoms with Crippen LogP contribution in [0.4, 0.5) is 5.82 Å². The zero-order chi connectivity index (χ0) is 18.0. The van der Waals surface area contributed by atoms with Gasteiger partial charge < -0.3 is 15.1 Å². The van der Waals surface area contributed by atoms with Crippen LogP contribution in [0.1, 0.15) is 19.4 Å². The van der Waals surface area contributed by atoms with Gasteiger partial charge >= 0.3 is 0 Å². The van der Waals surface area contributed by atoms with Gasteiger partial charge in [-0.25, -0.2) is 13.4 Å². The molecular weight excluding hydrogens is 453 g/mol. The van der Waals surface area contributed by atoms with Crippen molar-refractivity contribution < 1.29 is 8.42 Å². The molecule has 7 nitrogen and oxygen atoms in total. The quantitative estimate of drug-likeness (QED) is 0.399. The van der Waals surface area contributed by atoms with Crippen molar-refractivity contribution in [2.24, 2.45) is 4.99 Å². The third-order valence-electron chi connectivity index (χ3n) is 4.27. The highest BCUT2D eigenvalue weighted by atomic mass is 127. The fraction of sp³-hybridized carbons (Fsp3) is 0.625. The summed E-state index contributed by atoms with van der Waals surface area (Å²) < 4.78 is 23.5. The fourth-order valence-corrected chi connectivity index (χ4v) is 4.02. The Morgan fingerprint density at radius 1 is 1.44 bits per heavy atom. The summed E-state index contributed by atoms with van der Waals surface area (Å²) in [5.74, 6) is 1.77. The standard InChI is InChI=1S/C16H27N5O2S.HI/c1-16(2)12-21(8-9-24(16,22)23)15(17-3)19-11-13-6-7-18-14(10-13)20(4)5;/h6-7,10H,8-9,11-12H2,1-5H3,(H,17,19);1H. The molecule has 2 rings (SSSR count). The van der Waals surface area contributed by atoms with Crippen molar-refractivity contribution in [1.82, 2.24) is 15.2 Å². The van der Waals surface area contributed by atoms with E-state index in [2.05, 4.69) is 15.3 Å². The Morgan fingerprint density at radius 2 is 2.12 bits per heavy atom. The maximum absolute atomic E-state index is 12.1. The molecule has 2 heterocycles. The lowest BCUT2D eigenvalue weighted by Gasteiger charge is -2.39. The Balaban J connectivity index is 0.00000312. The third kappa shape index (κ3) is 5.19. The minimum Gasteiger partial charge on any atom is -0.363 e. The highest BCUT2D eigenvalue weighted by Gasteiger charge is 2.40. The number of guanidine groups is 1. The minimum absolute atomic E-state index is 0. The van der Waals surface area contributed by atoms with Crippen LogP contribution in [0.3, 0.4) is 0 Å². The van der Waals surface area contributed by atoms with Crippen LogP contribution in [0, 0.1) is 0 Å². The van der Waals surface area contributed by atoms with Crippen molar-refractivity contribution in [3.05, 3.63) is 23.9 Å². The molecule has 142 valence electrons. The Bertz CT molecular complexity index is 719. The van der Waals surface area contributed by atoms with E-state index < -0.39 is 14.6 Å². The van der Waals surface area contributed by atoms with E-state index in [1.54, 1.807) is 27.1 Å². The van der Waals surface area contributed by atoms with Crippen LogP contribution < -0.4 is 10.2 Å². The van der Waals surface area contributed by atoms with Gasteiger partial charge in [0.05, 0.1) is 10.5 Å². The molecule has 25 heavy (non-hydrogen) atoms. The van der Waals surface area contributed by atoms with Gasteiger partial charge in [0.2, 0.25) is 0 Å². The number of halogens is 1. The van der Waals surface area contributed by atoms with Gasteiger partial charge in [0.1, 0.15) is 5.82 Å². The van der Waals surface area contributed by atoms with E-state index in [0.717, 1.165) is 17.3 Å². The number of hydrogen-bond donors (Lipinski definition) is 1. The number of aromatic nitrogens is 1. The molecule has 0 radical (unpaired) electrons. The Hall–Kier alpha value is -1.10. The molecule has 0 atom stereocenters. The van der Waals surface area contributed by atoms with E-state index in [-0.39, 0.29) is 29.7 Å². The zero-order valence-corrected chi connectivity index (χ0v) is 18.6. The molecule has 1 aromatic heterocycles. The first-order valence-corrected chi connectivity index (χ1v) is 9.62. The van der Waals surface area contributed by atoms with Crippen LogP contribution in [-0.4, -0.2) is 69.0 Å². The van der Waals surface area contributed by atoms with Crippen molar-refractivity contribution in [1.29, 1.82) is 0 Å². The normalized spacial score (nSPS) is 19.1. The largest absolute Gasteiger partial charge is 0.363 e. The van der Waals surface area contributed by atoms with Gasteiger partial charge in [0, 0.05) is 47.0 Å². The highest BCUT2D eigenvalue weighted by molar-refractivity contribution is 14.0. The number of anilines is 1. The number of nitrogens with zero attached hydrogens (tertiary/aromatic N) is 4. The summed E-state index contributed by atoms with van der Waals surface area (Å²) in [6, 6.07) is 3.97. The fourth-order valence-electron chi connectivity index (χ4n) is 2.65. The summed E-state index contributed by atoms with van der Waals surface area (Å²) in [5, 5.41) is 3.32. The molecule has 0 unspecified atom stereocenters. The lowest BCUT2D eigenvalue weighted by atomic mass is 10.2. The first kappa shape index (κ1) is 21.9. The van der Waals surface area contributed by atoms with Gasteiger partial charge in [0.25, 0.3) is 0 Å². The third-order valence-corrected chi connectivity index (χ3v) is 6.81. The van der Waals surface area contributed by atoms with Gasteiger partial charge in [-0.15, -0.1) is 24.0 Å². The second-order valence-electron chi connectivity index (χ2n) is 6.82. The molecule has 1 aliphatic rings. The first-order valence-electron chi connectivity index (χ1n) is 7.96. The predicted octanol–water partition coefficient (Wildman–Crippen LogP) is 1.35. The Morgan fingerprint density at radius 3 is 2.68 bits per heavy atom. The van der Waals surface area contributed by atoms with Crippen LogP contribution in [0.5, 0.6) is 0 Å². The molecular formula is C16H28IN5O2S. The van der Waals surface area contributed by atoms with Crippen molar-refractivity contribution in [2.75, 3.05) is 44.9 Å². The Labute approximate surface area is 167 Å². The number of nitrogens with one attached hydrogen (secondary N) is 1. The maximum Gasteiger partial charge on any atom is 0.193 e. The highest BCUT2D eigenvalue weighted by Crippen LogP contribution is 2.23. The molecule has 1 aliphatic heterocycles. The smallest absolute Gasteiger partial charge is 0.193 e. The van der Waals surface area contributed by atoms with E-state index in [1.807, 2.05) is 36.0 Å². The molecule has 1 aromatic rings. The molecule has 0 aliphatic carbocycles. The van der Waals surface area contributed by atoms with Crippen molar-refractivity contribution in [2.45, 2.75) is 25.1 Å². The lowest BCUT2D eigenvalue weighted by molar-refractivity contribution is 0.353. The monoisotopic (exact) mass is 481 g/mol. The van der Waals surface area contributed by atoms with E-state index in [1.165, 1.54) is 0 Å². The molecule has 0 saturated carbocycles. The Kier molecular flexibility index (Phi) is 7.48. The van der Waals surface area contributed by atoms with Crippen molar-refractivity contribution in [3.8, 4) is 0 Å². The van der Waals surface area contributed by atoms with Gasteiger partial charge in [-0.05, 0) is 31.5 Å². The second-order valence-corrected chi connectivity index (χ2v) is 9.56. The molecule has 9 heteroatoms. The molecule has 1 N–H and O–H groups in total. The number of sulfone groups is 1. The maximum atomic E-state index is 12.1. The van der Waals surface area contributed by atoms with Gasteiger partial charge in [-0.1, -0.05) is 0 Å². The average Bonchev–Trinajstić information content (AvgIpc) is 2.51. The van der Waals surface area contributed by atoms with Gasteiger partial charge in [-0.3, -0.25) is 4.99 Å². The lowest BCUT2D eigenvalue weighted by Crippen LogP contribution is -2.57. The van der Waals surface area contributed by atoms with E-state index in [9.17, 15) is 8.42 Å². The van der Waals surface area contributed by atoms with Crippen molar-refractivity contribution in [3.63, 3.8) is 0 Å². The first-order chi connectivity index (χ1) is 11.2. The minimum atomic E-state index is -3.06. The van der Waals surface area contributed by atoms with Crippen molar-refractivity contribution >= 4 is 45.6 Å². The summed E-state index contributed by atoms with van der Waals surface area (Å²) >= 11 is 0. The second kappa shape index (κ2) is 8.52. The zero-order valence-electron chi connectivity index (χ0n) is 15.5. The van der Waals surface area contributed by atoms with Crippen LogP contribution in [-0.2, 0) is 16.4 Å².